The number of aryl methyl sites for hydroxylation is 2. The monoisotopic (exact) mass is 518 g/mol. The molecule has 3 heterocycles. The molecule has 7 heteroatoms. The van der Waals surface area contributed by atoms with Crippen LogP contribution in [-0.2, 0) is 16.1 Å². The topological polar surface area (TPSA) is 65.1 Å². The van der Waals surface area contributed by atoms with E-state index in [2.05, 4.69) is 41.4 Å². The van der Waals surface area contributed by atoms with E-state index in [-0.39, 0.29) is 24.0 Å². The van der Waals surface area contributed by atoms with Gasteiger partial charge in [-0.3, -0.25) is 14.5 Å². The lowest BCUT2D eigenvalue weighted by Crippen LogP contribution is -2.48. The minimum atomic E-state index is -0.447. The van der Waals surface area contributed by atoms with Crippen molar-refractivity contribution in [3.8, 4) is 0 Å². The molecule has 3 saturated heterocycles. The molecule has 2 amide bonds. The highest BCUT2D eigenvalue weighted by Gasteiger charge is 2.44. The Hall–Kier alpha value is -2.74. The van der Waals surface area contributed by atoms with E-state index in [4.69, 9.17) is 4.74 Å². The van der Waals surface area contributed by atoms with Crippen molar-refractivity contribution in [3.63, 3.8) is 0 Å². The summed E-state index contributed by atoms with van der Waals surface area (Å²) in [5.74, 6) is 0.0373. The average Bonchev–Trinajstić information content (AvgIpc) is 3.52. The lowest BCUT2D eigenvalue weighted by molar-refractivity contribution is -0.135. The van der Waals surface area contributed by atoms with E-state index in [1.54, 1.807) is 0 Å². The van der Waals surface area contributed by atoms with Crippen molar-refractivity contribution < 1.29 is 14.3 Å². The predicted octanol–water partition coefficient (Wildman–Crippen LogP) is 3.39. The Kier molecular flexibility index (Phi) is 8.77. The first-order valence-corrected chi connectivity index (χ1v) is 14.3. The van der Waals surface area contributed by atoms with Crippen LogP contribution in [-0.4, -0.2) is 90.6 Å². The molecule has 0 bridgehead atoms. The third-order valence-corrected chi connectivity index (χ3v) is 8.26. The fourth-order valence-electron chi connectivity index (χ4n) is 6.00. The summed E-state index contributed by atoms with van der Waals surface area (Å²) in [6.07, 6.45) is 3.95. The Morgan fingerprint density at radius 2 is 1.71 bits per heavy atom. The lowest BCUT2D eigenvalue weighted by atomic mass is 10.1. The fourth-order valence-corrected chi connectivity index (χ4v) is 6.00. The molecule has 5 rings (SSSR count). The molecule has 0 saturated carbocycles. The molecular formula is C31H42N4O3. The molecule has 2 aromatic rings. The van der Waals surface area contributed by atoms with Crippen LogP contribution in [0, 0.1) is 13.8 Å². The van der Waals surface area contributed by atoms with Crippen LogP contribution in [0.3, 0.4) is 0 Å². The Morgan fingerprint density at radius 3 is 2.42 bits per heavy atom. The quantitative estimate of drug-likeness (QED) is 0.609. The van der Waals surface area contributed by atoms with Gasteiger partial charge in [0.2, 0.25) is 5.91 Å². The lowest BCUT2D eigenvalue weighted by Gasteiger charge is -2.31. The maximum Gasteiger partial charge on any atom is 0.254 e. The third kappa shape index (κ3) is 6.45. The average molecular weight is 519 g/mol. The van der Waals surface area contributed by atoms with Crippen molar-refractivity contribution in [1.29, 1.82) is 0 Å². The van der Waals surface area contributed by atoms with E-state index in [1.807, 2.05) is 41.0 Å². The zero-order chi connectivity index (χ0) is 26.5. The summed E-state index contributed by atoms with van der Waals surface area (Å²) in [6.45, 7) is 10.2. The van der Waals surface area contributed by atoms with E-state index in [0.29, 0.717) is 25.1 Å². The molecule has 3 fully saturated rings. The summed E-state index contributed by atoms with van der Waals surface area (Å²) in [5, 5.41) is 3.39. The number of carbonyl (C=O) groups excluding carboxylic acids is 2. The maximum absolute atomic E-state index is 13.9. The van der Waals surface area contributed by atoms with Gasteiger partial charge in [0.15, 0.2) is 0 Å². The number of carbonyl (C=O) groups is 2. The number of ether oxygens (including phenoxy) is 1. The molecule has 0 radical (unpaired) electrons. The van der Waals surface area contributed by atoms with Crippen molar-refractivity contribution >= 4 is 11.8 Å². The molecule has 3 aliphatic rings. The number of nitrogens with one attached hydrogen (secondary N) is 1. The van der Waals surface area contributed by atoms with Gasteiger partial charge in [-0.05, 0) is 63.8 Å². The molecule has 0 spiro atoms. The minimum absolute atomic E-state index is 0.0498. The molecule has 7 nitrogen and oxygen atoms in total. The summed E-state index contributed by atoms with van der Waals surface area (Å²) in [4.78, 5) is 34.0. The minimum Gasteiger partial charge on any atom is -0.377 e. The normalized spacial score (nSPS) is 24.1. The highest BCUT2D eigenvalue weighted by Crippen LogP contribution is 2.29. The first kappa shape index (κ1) is 26.9. The number of nitrogens with zero attached hydrogens (tertiary/aromatic N) is 3. The maximum atomic E-state index is 13.9. The van der Waals surface area contributed by atoms with E-state index >= 15 is 0 Å². The number of hydrogen-bond donors (Lipinski definition) is 1. The van der Waals surface area contributed by atoms with Gasteiger partial charge in [0.25, 0.3) is 5.91 Å². The molecule has 1 N–H and O–H groups in total. The standard InChI is InChI=1S/C31H42N4O3/c1-23-6-10-25(11-7-23)20-34(22-28-5-3-18-38-28)27-19-29(31(37)33-16-4-14-32-15-17-33)35(21-27)30(36)26-12-8-24(2)9-13-26/h6-13,27-29,32H,3-5,14-22H2,1-2H3. The summed E-state index contributed by atoms with van der Waals surface area (Å²) >= 11 is 0. The zero-order valence-corrected chi connectivity index (χ0v) is 22.9. The second-order valence-corrected chi connectivity index (χ2v) is 11.2. The number of likely N-dealkylation sites (tertiary alicyclic amines) is 1. The van der Waals surface area contributed by atoms with Crippen LogP contribution in [0.1, 0.15) is 52.7 Å². The van der Waals surface area contributed by atoms with Gasteiger partial charge >= 0.3 is 0 Å². The number of rotatable bonds is 7. The molecule has 3 atom stereocenters. The van der Waals surface area contributed by atoms with Gasteiger partial charge in [0.05, 0.1) is 6.10 Å². The largest absolute Gasteiger partial charge is 0.377 e. The first-order valence-electron chi connectivity index (χ1n) is 14.3. The van der Waals surface area contributed by atoms with E-state index in [9.17, 15) is 9.59 Å². The molecule has 204 valence electrons. The molecule has 3 aliphatic heterocycles. The van der Waals surface area contributed by atoms with Crippen molar-refractivity contribution in [1.82, 2.24) is 20.0 Å². The molecule has 38 heavy (non-hydrogen) atoms. The number of benzene rings is 2. The van der Waals surface area contributed by atoms with Crippen molar-refractivity contribution in [2.75, 3.05) is 45.9 Å². The van der Waals surface area contributed by atoms with Crippen LogP contribution in [0.5, 0.6) is 0 Å². The van der Waals surface area contributed by atoms with Gasteiger partial charge < -0.3 is 19.9 Å². The SMILES string of the molecule is Cc1ccc(CN(CC2CCCO2)C2CC(C(=O)N3CCCNCC3)N(C(=O)c3ccc(C)cc3)C2)cc1. The summed E-state index contributed by atoms with van der Waals surface area (Å²) in [7, 11) is 0. The Bertz CT molecular complexity index is 1070. The molecule has 2 aromatic carbocycles. The number of hydrogen-bond acceptors (Lipinski definition) is 5. The van der Waals surface area contributed by atoms with Crippen LogP contribution >= 0.6 is 0 Å². The molecule has 3 unspecified atom stereocenters. The van der Waals surface area contributed by atoms with Crippen LogP contribution in [0.4, 0.5) is 0 Å². The summed E-state index contributed by atoms with van der Waals surface area (Å²) in [5.41, 5.74) is 4.26. The van der Waals surface area contributed by atoms with Crippen molar-refractivity contribution in [2.45, 2.75) is 64.3 Å². The Labute approximate surface area is 227 Å². The van der Waals surface area contributed by atoms with Gasteiger partial charge in [-0.1, -0.05) is 47.5 Å². The second kappa shape index (κ2) is 12.4. The van der Waals surface area contributed by atoms with E-state index < -0.39 is 6.04 Å². The zero-order valence-electron chi connectivity index (χ0n) is 22.9. The van der Waals surface area contributed by atoms with Crippen molar-refractivity contribution in [3.05, 3.63) is 70.8 Å². The highest BCUT2D eigenvalue weighted by atomic mass is 16.5. The molecular weight excluding hydrogens is 476 g/mol. The Balaban J connectivity index is 1.41. The van der Waals surface area contributed by atoms with Crippen LogP contribution in [0.25, 0.3) is 0 Å². The highest BCUT2D eigenvalue weighted by molar-refractivity contribution is 5.98. The smallest absolute Gasteiger partial charge is 0.254 e. The van der Waals surface area contributed by atoms with E-state index in [0.717, 1.165) is 64.2 Å². The van der Waals surface area contributed by atoms with Crippen LogP contribution < -0.4 is 5.32 Å². The number of amides is 2. The van der Waals surface area contributed by atoms with Gasteiger partial charge in [0, 0.05) is 57.5 Å². The molecule has 0 aliphatic carbocycles. The summed E-state index contributed by atoms with van der Waals surface area (Å²) in [6, 6.07) is 16.0. The third-order valence-electron chi connectivity index (χ3n) is 8.26. The Morgan fingerprint density at radius 1 is 0.974 bits per heavy atom. The van der Waals surface area contributed by atoms with Crippen molar-refractivity contribution in [2.24, 2.45) is 0 Å². The van der Waals surface area contributed by atoms with Crippen LogP contribution in [0.15, 0.2) is 48.5 Å². The van der Waals surface area contributed by atoms with Gasteiger partial charge in [-0.15, -0.1) is 0 Å². The van der Waals surface area contributed by atoms with Gasteiger partial charge in [0.1, 0.15) is 6.04 Å². The van der Waals surface area contributed by atoms with E-state index in [1.165, 1.54) is 11.1 Å². The predicted molar refractivity (Wildman–Crippen MR) is 149 cm³/mol. The van der Waals surface area contributed by atoms with Crippen LogP contribution in [0.2, 0.25) is 0 Å². The van der Waals surface area contributed by atoms with Gasteiger partial charge in [-0.25, -0.2) is 0 Å². The second-order valence-electron chi connectivity index (χ2n) is 11.2. The van der Waals surface area contributed by atoms with Gasteiger partial charge in [-0.2, -0.15) is 0 Å². The fraction of sp³-hybridized carbons (Fsp3) is 0.548. The first-order chi connectivity index (χ1) is 18.5. The summed E-state index contributed by atoms with van der Waals surface area (Å²) < 4.78 is 6.03. The molecule has 0 aromatic heterocycles.